The van der Waals surface area contributed by atoms with E-state index >= 15 is 0 Å². The molecule has 1 atom stereocenters. The summed E-state index contributed by atoms with van der Waals surface area (Å²) in [4.78, 5) is 35.4. The van der Waals surface area contributed by atoms with Gasteiger partial charge < -0.3 is 25.1 Å². The molecule has 1 aromatic rings. The van der Waals surface area contributed by atoms with Crippen LogP contribution in [0.2, 0.25) is 0 Å². The van der Waals surface area contributed by atoms with Crippen LogP contribution in [0.15, 0.2) is 10.5 Å². The van der Waals surface area contributed by atoms with Crippen molar-refractivity contribution in [3.05, 3.63) is 23.2 Å². The molecule has 8 nitrogen and oxygen atoms in total. The molecule has 0 aromatic carbocycles. The van der Waals surface area contributed by atoms with Crippen LogP contribution in [0, 0.1) is 6.92 Å². The first-order chi connectivity index (χ1) is 9.72. The molecule has 0 saturated carbocycles. The number of likely N-dealkylation sites (N-methyl/N-ethyl adjacent to an activating group) is 1. The second-order valence-corrected chi connectivity index (χ2v) is 4.77. The number of carboxylic acid groups (broad SMARTS) is 1. The van der Waals surface area contributed by atoms with Gasteiger partial charge in [0.15, 0.2) is 0 Å². The Morgan fingerprint density at radius 2 is 2.00 bits per heavy atom. The van der Waals surface area contributed by atoms with Gasteiger partial charge in [0.1, 0.15) is 23.1 Å². The summed E-state index contributed by atoms with van der Waals surface area (Å²) < 4.78 is 5.22. The van der Waals surface area contributed by atoms with E-state index in [4.69, 9.17) is 9.52 Å². The zero-order valence-corrected chi connectivity index (χ0v) is 12.4. The van der Waals surface area contributed by atoms with Crippen molar-refractivity contribution in [1.29, 1.82) is 0 Å². The van der Waals surface area contributed by atoms with Gasteiger partial charge in [-0.05, 0) is 19.9 Å². The van der Waals surface area contributed by atoms with Crippen LogP contribution in [0.4, 0.5) is 4.79 Å². The molecule has 116 valence electrons. The van der Waals surface area contributed by atoms with Crippen molar-refractivity contribution in [1.82, 2.24) is 15.5 Å². The fraction of sp³-hybridized carbons (Fsp3) is 0.462. The van der Waals surface area contributed by atoms with Crippen LogP contribution in [-0.4, -0.2) is 48.1 Å². The van der Waals surface area contributed by atoms with Gasteiger partial charge in [-0.2, -0.15) is 0 Å². The minimum absolute atomic E-state index is 0.0306. The predicted molar refractivity (Wildman–Crippen MR) is 73.9 cm³/mol. The number of aryl methyl sites for hydroxylation is 1. The van der Waals surface area contributed by atoms with Crippen LogP contribution in [0.25, 0.3) is 0 Å². The number of nitrogens with one attached hydrogen (secondary N) is 2. The van der Waals surface area contributed by atoms with Crippen molar-refractivity contribution >= 4 is 17.9 Å². The molecule has 1 aromatic heterocycles. The van der Waals surface area contributed by atoms with E-state index in [1.54, 1.807) is 21.0 Å². The Kier molecular flexibility index (Phi) is 5.34. The summed E-state index contributed by atoms with van der Waals surface area (Å²) in [6.45, 7) is 3.13. The van der Waals surface area contributed by atoms with Gasteiger partial charge in [-0.15, -0.1) is 0 Å². The molecule has 0 aliphatic heterocycles. The maximum absolute atomic E-state index is 11.6. The molecule has 0 bridgehead atoms. The number of rotatable bonds is 5. The summed E-state index contributed by atoms with van der Waals surface area (Å²) in [6.07, 6.45) is 0. The first-order valence-electron chi connectivity index (χ1n) is 6.30. The molecule has 0 aliphatic carbocycles. The Labute approximate surface area is 122 Å². The molecule has 0 fully saturated rings. The lowest BCUT2D eigenvalue weighted by molar-refractivity contribution is -0.130. The van der Waals surface area contributed by atoms with Crippen LogP contribution >= 0.6 is 0 Å². The zero-order chi connectivity index (χ0) is 16.2. The Balaban J connectivity index is 2.52. The molecule has 0 saturated heterocycles. The van der Waals surface area contributed by atoms with Crippen molar-refractivity contribution in [2.45, 2.75) is 26.4 Å². The summed E-state index contributed by atoms with van der Waals surface area (Å²) in [5, 5.41) is 13.9. The van der Waals surface area contributed by atoms with E-state index in [9.17, 15) is 14.4 Å². The highest BCUT2D eigenvalue weighted by molar-refractivity contribution is 5.89. The third-order valence-electron chi connectivity index (χ3n) is 2.78. The normalized spacial score (nSPS) is 11.6. The molecule has 21 heavy (non-hydrogen) atoms. The third-order valence-corrected chi connectivity index (χ3v) is 2.78. The van der Waals surface area contributed by atoms with E-state index < -0.39 is 18.0 Å². The number of carbonyl (C=O) groups excluding carboxylic acids is 2. The van der Waals surface area contributed by atoms with Crippen molar-refractivity contribution in [2.24, 2.45) is 0 Å². The van der Waals surface area contributed by atoms with Gasteiger partial charge in [0.2, 0.25) is 5.91 Å². The minimum atomic E-state index is -1.09. The van der Waals surface area contributed by atoms with Gasteiger partial charge in [-0.25, -0.2) is 9.59 Å². The lowest BCUT2D eigenvalue weighted by Crippen LogP contribution is -2.47. The number of amides is 3. The summed E-state index contributed by atoms with van der Waals surface area (Å²) in [7, 11) is 3.19. The number of nitrogens with zero attached hydrogens (tertiary/aromatic N) is 1. The number of hydrogen-bond acceptors (Lipinski definition) is 4. The van der Waals surface area contributed by atoms with Crippen molar-refractivity contribution < 1.29 is 23.9 Å². The Hall–Kier alpha value is -2.51. The van der Waals surface area contributed by atoms with Crippen molar-refractivity contribution in [3.8, 4) is 0 Å². The molecule has 0 spiro atoms. The summed E-state index contributed by atoms with van der Waals surface area (Å²) in [5.41, 5.74) is 0.0587. The zero-order valence-electron chi connectivity index (χ0n) is 12.4. The van der Waals surface area contributed by atoms with Crippen LogP contribution < -0.4 is 10.6 Å². The number of hydrogen-bond donors (Lipinski definition) is 3. The number of urea groups is 1. The molecule has 3 amide bonds. The summed E-state index contributed by atoms with van der Waals surface area (Å²) in [5.74, 6) is -0.716. The van der Waals surface area contributed by atoms with Gasteiger partial charge in [0, 0.05) is 14.1 Å². The quantitative estimate of drug-likeness (QED) is 0.735. The molecule has 0 radical (unpaired) electrons. The van der Waals surface area contributed by atoms with Crippen LogP contribution in [0.3, 0.4) is 0 Å². The number of aromatic carboxylic acids is 1. The van der Waals surface area contributed by atoms with Crippen molar-refractivity contribution in [2.75, 3.05) is 14.1 Å². The van der Waals surface area contributed by atoms with Gasteiger partial charge >= 0.3 is 12.0 Å². The predicted octanol–water partition coefficient (Wildman–Crippen LogP) is 0.562. The largest absolute Gasteiger partial charge is 0.478 e. The number of furan rings is 1. The molecule has 1 rings (SSSR count). The monoisotopic (exact) mass is 297 g/mol. The smallest absolute Gasteiger partial charge is 0.339 e. The van der Waals surface area contributed by atoms with Crippen LogP contribution in [-0.2, 0) is 11.3 Å². The fourth-order valence-corrected chi connectivity index (χ4v) is 1.71. The van der Waals surface area contributed by atoms with E-state index in [-0.39, 0.29) is 23.8 Å². The summed E-state index contributed by atoms with van der Waals surface area (Å²) >= 11 is 0. The molecule has 1 heterocycles. The molecule has 8 heteroatoms. The van der Waals surface area contributed by atoms with Gasteiger partial charge in [0.05, 0.1) is 6.54 Å². The Morgan fingerprint density at radius 3 is 2.48 bits per heavy atom. The average molecular weight is 297 g/mol. The van der Waals surface area contributed by atoms with Gasteiger partial charge in [0.25, 0.3) is 0 Å². The van der Waals surface area contributed by atoms with Gasteiger partial charge in [-0.1, -0.05) is 0 Å². The summed E-state index contributed by atoms with van der Waals surface area (Å²) in [6, 6.07) is 0.156. The highest BCUT2D eigenvalue weighted by Gasteiger charge is 2.18. The highest BCUT2D eigenvalue weighted by atomic mass is 16.4. The van der Waals surface area contributed by atoms with E-state index in [0.717, 1.165) is 0 Å². The third kappa shape index (κ3) is 4.51. The average Bonchev–Trinajstić information content (AvgIpc) is 2.76. The maximum atomic E-state index is 11.6. The van der Waals surface area contributed by atoms with Crippen LogP contribution in [0.1, 0.15) is 28.8 Å². The molecule has 3 N–H and O–H groups in total. The van der Waals surface area contributed by atoms with E-state index in [1.807, 2.05) is 0 Å². The Morgan fingerprint density at radius 1 is 1.38 bits per heavy atom. The second kappa shape index (κ2) is 6.78. The van der Waals surface area contributed by atoms with E-state index in [1.165, 1.54) is 17.9 Å². The number of carbonyl (C=O) groups is 3. The standard InChI is InChI=1S/C13H19N3O5/c1-7(11(17)16(3)4)15-13(20)14-6-9-5-10(12(18)19)8(2)21-9/h5,7H,6H2,1-4H3,(H,18,19)(H2,14,15,20). The molecule has 0 aliphatic rings. The first-order valence-corrected chi connectivity index (χ1v) is 6.30. The molecular formula is C13H19N3O5. The highest BCUT2D eigenvalue weighted by Crippen LogP contribution is 2.14. The second-order valence-electron chi connectivity index (χ2n) is 4.77. The van der Waals surface area contributed by atoms with E-state index in [2.05, 4.69) is 10.6 Å². The first kappa shape index (κ1) is 16.5. The van der Waals surface area contributed by atoms with E-state index in [0.29, 0.717) is 5.76 Å². The number of carboxylic acids is 1. The SMILES string of the molecule is Cc1oc(CNC(=O)NC(C)C(=O)N(C)C)cc1C(=O)O. The topological polar surface area (TPSA) is 112 Å². The van der Waals surface area contributed by atoms with Gasteiger partial charge in [-0.3, -0.25) is 4.79 Å². The Bertz CT molecular complexity index is 550. The lowest BCUT2D eigenvalue weighted by atomic mass is 10.2. The minimum Gasteiger partial charge on any atom is -0.478 e. The molecule has 1 unspecified atom stereocenters. The van der Waals surface area contributed by atoms with Crippen molar-refractivity contribution in [3.63, 3.8) is 0 Å². The van der Waals surface area contributed by atoms with Crippen LogP contribution in [0.5, 0.6) is 0 Å². The lowest BCUT2D eigenvalue weighted by Gasteiger charge is -2.18. The fourth-order valence-electron chi connectivity index (χ4n) is 1.71. The maximum Gasteiger partial charge on any atom is 0.339 e. The molecular weight excluding hydrogens is 278 g/mol.